The summed E-state index contributed by atoms with van der Waals surface area (Å²) in [5.74, 6) is 1.12. The lowest BCUT2D eigenvalue weighted by molar-refractivity contribution is -0.126. The van der Waals surface area contributed by atoms with E-state index in [1.807, 2.05) is 0 Å². The first-order chi connectivity index (χ1) is 11.0. The number of amides is 1. The van der Waals surface area contributed by atoms with Crippen LogP contribution in [0.25, 0.3) is 0 Å². The molecule has 0 bridgehead atoms. The molecular formula is C17H26N2O4. The Labute approximate surface area is 137 Å². The Morgan fingerprint density at radius 1 is 1.30 bits per heavy atom. The van der Waals surface area contributed by atoms with E-state index in [9.17, 15) is 9.90 Å². The van der Waals surface area contributed by atoms with E-state index >= 15 is 0 Å². The average Bonchev–Trinajstić information content (AvgIpc) is 2.58. The average molecular weight is 322 g/mol. The highest BCUT2D eigenvalue weighted by Crippen LogP contribution is 2.27. The molecule has 1 aromatic carbocycles. The second-order valence-electron chi connectivity index (χ2n) is 6.03. The molecule has 1 aliphatic carbocycles. The van der Waals surface area contributed by atoms with Crippen LogP contribution in [0.3, 0.4) is 0 Å². The number of carbonyl (C=O) groups excluding carboxylic acids is 1. The van der Waals surface area contributed by atoms with Gasteiger partial charge in [0.05, 0.1) is 20.3 Å². The van der Waals surface area contributed by atoms with Crippen LogP contribution in [0.4, 0.5) is 0 Å². The van der Waals surface area contributed by atoms with Crippen LogP contribution in [0.1, 0.15) is 37.4 Å². The third-order valence-electron chi connectivity index (χ3n) is 4.31. The number of methoxy groups -OCH3 is 2. The second kappa shape index (κ2) is 8.17. The molecule has 6 nitrogen and oxygen atoms in total. The van der Waals surface area contributed by atoms with Gasteiger partial charge in [-0.15, -0.1) is 0 Å². The smallest absolute Gasteiger partial charge is 0.223 e. The van der Waals surface area contributed by atoms with Gasteiger partial charge in [0.15, 0.2) is 0 Å². The fourth-order valence-electron chi connectivity index (χ4n) is 2.95. The van der Waals surface area contributed by atoms with Gasteiger partial charge in [0.2, 0.25) is 5.91 Å². The van der Waals surface area contributed by atoms with E-state index < -0.39 is 6.10 Å². The molecule has 1 aliphatic rings. The molecule has 1 aromatic rings. The zero-order valence-corrected chi connectivity index (χ0v) is 13.7. The highest BCUT2D eigenvalue weighted by atomic mass is 16.5. The monoisotopic (exact) mass is 322 g/mol. The van der Waals surface area contributed by atoms with Gasteiger partial charge in [0.25, 0.3) is 0 Å². The minimum absolute atomic E-state index is 0.0333. The molecule has 128 valence electrons. The van der Waals surface area contributed by atoms with Gasteiger partial charge in [0, 0.05) is 24.6 Å². The summed E-state index contributed by atoms with van der Waals surface area (Å²) in [6.07, 6.45) is 2.72. The zero-order valence-electron chi connectivity index (χ0n) is 13.7. The molecule has 6 heteroatoms. The Morgan fingerprint density at radius 2 is 1.96 bits per heavy atom. The molecule has 0 radical (unpaired) electrons. The number of rotatable bonds is 6. The van der Waals surface area contributed by atoms with Gasteiger partial charge in [-0.2, -0.15) is 0 Å². The summed E-state index contributed by atoms with van der Waals surface area (Å²) >= 11 is 0. The highest BCUT2D eigenvalue weighted by Gasteiger charge is 2.25. The summed E-state index contributed by atoms with van der Waals surface area (Å²) < 4.78 is 10.4. The van der Waals surface area contributed by atoms with Crippen molar-refractivity contribution in [2.45, 2.75) is 37.8 Å². The number of ether oxygens (including phenoxy) is 2. The lowest BCUT2D eigenvalue weighted by atomic mass is 9.85. The fraction of sp³-hybridized carbons (Fsp3) is 0.588. The number of hydrogen-bond acceptors (Lipinski definition) is 5. The summed E-state index contributed by atoms with van der Waals surface area (Å²) in [5, 5.41) is 13.1. The molecule has 0 aromatic heterocycles. The van der Waals surface area contributed by atoms with Crippen molar-refractivity contribution in [2.75, 3.05) is 20.8 Å². The SMILES string of the molecule is COc1cc(OC)cc(C(O)CNC(=O)C2CCCC(N)C2)c1. The Morgan fingerprint density at radius 3 is 2.52 bits per heavy atom. The highest BCUT2D eigenvalue weighted by molar-refractivity contribution is 5.78. The number of benzene rings is 1. The number of carbonyl (C=O) groups is 1. The lowest BCUT2D eigenvalue weighted by Crippen LogP contribution is -2.39. The number of aliphatic hydroxyl groups is 1. The van der Waals surface area contributed by atoms with Crippen molar-refractivity contribution in [3.05, 3.63) is 23.8 Å². The van der Waals surface area contributed by atoms with Crippen molar-refractivity contribution in [1.29, 1.82) is 0 Å². The predicted octanol–water partition coefficient (Wildman–Crippen LogP) is 1.37. The molecule has 0 heterocycles. The van der Waals surface area contributed by atoms with Gasteiger partial charge in [-0.3, -0.25) is 4.79 Å². The van der Waals surface area contributed by atoms with Crippen molar-refractivity contribution in [3.8, 4) is 11.5 Å². The normalized spacial score (nSPS) is 22.3. The first kappa shape index (κ1) is 17.6. The molecule has 4 N–H and O–H groups in total. The zero-order chi connectivity index (χ0) is 16.8. The van der Waals surface area contributed by atoms with Crippen LogP contribution < -0.4 is 20.5 Å². The molecule has 1 saturated carbocycles. The van der Waals surface area contributed by atoms with E-state index in [0.717, 1.165) is 25.7 Å². The van der Waals surface area contributed by atoms with Crippen LogP contribution in [0, 0.1) is 5.92 Å². The van der Waals surface area contributed by atoms with Gasteiger partial charge < -0.3 is 25.6 Å². The van der Waals surface area contributed by atoms with Gasteiger partial charge in [-0.1, -0.05) is 6.42 Å². The van der Waals surface area contributed by atoms with Crippen molar-refractivity contribution in [1.82, 2.24) is 5.32 Å². The van der Waals surface area contributed by atoms with Crippen LogP contribution in [0.15, 0.2) is 18.2 Å². The van der Waals surface area contributed by atoms with E-state index in [4.69, 9.17) is 15.2 Å². The summed E-state index contributed by atoms with van der Waals surface area (Å²) in [4.78, 5) is 12.2. The Hall–Kier alpha value is -1.79. The number of nitrogens with one attached hydrogen (secondary N) is 1. The predicted molar refractivity (Wildman–Crippen MR) is 87.4 cm³/mol. The molecule has 3 unspecified atom stereocenters. The van der Waals surface area contributed by atoms with Gasteiger partial charge in [-0.05, 0) is 37.0 Å². The van der Waals surface area contributed by atoms with Crippen LogP contribution >= 0.6 is 0 Å². The van der Waals surface area contributed by atoms with E-state index in [-0.39, 0.29) is 24.4 Å². The number of aliphatic hydroxyl groups excluding tert-OH is 1. The number of nitrogens with two attached hydrogens (primary N) is 1. The molecular weight excluding hydrogens is 296 g/mol. The van der Waals surface area contributed by atoms with Crippen molar-refractivity contribution in [3.63, 3.8) is 0 Å². The summed E-state index contributed by atoms with van der Waals surface area (Å²) in [7, 11) is 3.11. The van der Waals surface area contributed by atoms with E-state index in [1.165, 1.54) is 0 Å². The Kier molecular flexibility index (Phi) is 6.24. The van der Waals surface area contributed by atoms with Crippen molar-refractivity contribution < 1.29 is 19.4 Å². The molecule has 2 rings (SSSR count). The maximum Gasteiger partial charge on any atom is 0.223 e. The minimum Gasteiger partial charge on any atom is -0.497 e. The third kappa shape index (κ3) is 4.84. The van der Waals surface area contributed by atoms with Crippen molar-refractivity contribution >= 4 is 5.91 Å². The summed E-state index contributed by atoms with van der Waals surface area (Å²) in [6.45, 7) is 0.154. The van der Waals surface area contributed by atoms with Gasteiger partial charge >= 0.3 is 0 Å². The molecule has 1 fully saturated rings. The molecule has 0 aliphatic heterocycles. The van der Waals surface area contributed by atoms with Crippen LogP contribution in [-0.2, 0) is 4.79 Å². The Balaban J connectivity index is 1.93. The maximum absolute atomic E-state index is 12.2. The van der Waals surface area contributed by atoms with Gasteiger partial charge in [-0.25, -0.2) is 0 Å². The third-order valence-corrected chi connectivity index (χ3v) is 4.31. The standard InChI is InChI=1S/C17H26N2O4/c1-22-14-7-12(8-15(9-14)23-2)16(20)10-19-17(21)11-4-3-5-13(18)6-11/h7-9,11,13,16,20H,3-6,10,18H2,1-2H3,(H,19,21). The number of hydrogen-bond donors (Lipinski definition) is 3. The fourth-order valence-corrected chi connectivity index (χ4v) is 2.95. The second-order valence-corrected chi connectivity index (χ2v) is 6.03. The van der Waals surface area contributed by atoms with Crippen LogP contribution in [0.5, 0.6) is 11.5 Å². The molecule has 0 saturated heterocycles. The molecule has 0 spiro atoms. The quantitative estimate of drug-likeness (QED) is 0.735. The van der Waals surface area contributed by atoms with Crippen molar-refractivity contribution in [2.24, 2.45) is 11.7 Å². The van der Waals surface area contributed by atoms with Gasteiger partial charge in [0.1, 0.15) is 11.5 Å². The summed E-state index contributed by atoms with van der Waals surface area (Å²) in [5.41, 5.74) is 6.56. The van der Waals surface area contributed by atoms with E-state index in [0.29, 0.717) is 17.1 Å². The van der Waals surface area contributed by atoms with E-state index in [1.54, 1.807) is 32.4 Å². The molecule has 3 atom stereocenters. The first-order valence-corrected chi connectivity index (χ1v) is 7.97. The molecule has 1 amide bonds. The van der Waals surface area contributed by atoms with E-state index in [2.05, 4.69) is 5.32 Å². The van der Waals surface area contributed by atoms with Crippen LogP contribution in [0.2, 0.25) is 0 Å². The first-order valence-electron chi connectivity index (χ1n) is 7.97. The van der Waals surface area contributed by atoms with Crippen LogP contribution in [-0.4, -0.2) is 37.8 Å². The Bertz CT molecular complexity index is 513. The lowest BCUT2D eigenvalue weighted by Gasteiger charge is -2.26. The minimum atomic E-state index is -0.819. The largest absolute Gasteiger partial charge is 0.497 e. The maximum atomic E-state index is 12.2. The topological polar surface area (TPSA) is 93.8 Å². The summed E-state index contributed by atoms with van der Waals surface area (Å²) in [6, 6.07) is 5.30. The molecule has 23 heavy (non-hydrogen) atoms.